The summed E-state index contributed by atoms with van der Waals surface area (Å²) >= 11 is 2.57. The Morgan fingerprint density at radius 3 is 2.72 bits per heavy atom. The molecule has 0 atom stereocenters. The van der Waals surface area contributed by atoms with E-state index in [1.807, 2.05) is 0 Å². The van der Waals surface area contributed by atoms with Crippen LogP contribution in [0.4, 0.5) is 15.2 Å². The molecule has 0 saturated carbocycles. The molecule has 2 amide bonds. The number of nitrogens with zero attached hydrogens (tertiary/aromatic N) is 2. The lowest BCUT2D eigenvalue weighted by molar-refractivity contribution is -0.122. The van der Waals surface area contributed by atoms with Crippen molar-refractivity contribution in [1.82, 2.24) is 15.5 Å². The SMILES string of the molecule is C=CCNc1nnc(SCC(=O)NCC(=O)Nc2ccc(F)cc2)s1. The molecule has 0 aliphatic carbocycles. The van der Waals surface area contributed by atoms with Crippen molar-refractivity contribution in [2.75, 3.05) is 29.5 Å². The molecule has 25 heavy (non-hydrogen) atoms. The first-order valence-electron chi connectivity index (χ1n) is 7.20. The zero-order valence-electron chi connectivity index (χ0n) is 13.1. The van der Waals surface area contributed by atoms with Gasteiger partial charge in [-0.2, -0.15) is 0 Å². The van der Waals surface area contributed by atoms with Gasteiger partial charge in [0.25, 0.3) is 0 Å². The maximum atomic E-state index is 12.8. The van der Waals surface area contributed by atoms with Crippen molar-refractivity contribution < 1.29 is 14.0 Å². The van der Waals surface area contributed by atoms with Gasteiger partial charge in [0.2, 0.25) is 16.9 Å². The number of aromatic nitrogens is 2. The third kappa shape index (κ3) is 6.89. The van der Waals surface area contributed by atoms with E-state index in [4.69, 9.17) is 0 Å². The van der Waals surface area contributed by atoms with Crippen LogP contribution in [0.3, 0.4) is 0 Å². The van der Waals surface area contributed by atoms with Gasteiger partial charge in [0.05, 0.1) is 12.3 Å². The summed E-state index contributed by atoms with van der Waals surface area (Å²) in [6.45, 7) is 4.01. The Hall–Kier alpha value is -2.46. The van der Waals surface area contributed by atoms with Crippen molar-refractivity contribution >= 4 is 45.7 Å². The number of benzene rings is 1. The summed E-state index contributed by atoms with van der Waals surface area (Å²) in [6.07, 6.45) is 1.71. The normalized spacial score (nSPS) is 10.1. The molecule has 0 unspecified atom stereocenters. The maximum Gasteiger partial charge on any atom is 0.243 e. The van der Waals surface area contributed by atoms with Gasteiger partial charge in [-0.25, -0.2) is 4.39 Å². The van der Waals surface area contributed by atoms with Crippen molar-refractivity contribution in [3.8, 4) is 0 Å². The lowest BCUT2D eigenvalue weighted by Gasteiger charge is -2.06. The highest BCUT2D eigenvalue weighted by molar-refractivity contribution is 8.01. The quantitative estimate of drug-likeness (QED) is 0.455. The number of hydrogen-bond donors (Lipinski definition) is 3. The Morgan fingerprint density at radius 1 is 1.24 bits per heavy atom. The van der Waals surface area contributed by atoms with E-state index in [1.165, 1.54) is 47.4 Å². The Labute approximate surface area is 152 Å². The molecule has 10 heteroatoms. The maximum absolute atomic E-state index is 12.8. The van der Waals surface area contributed by atoms with Gasteiger partial charge in [-0.1, -0.05) is 29.2 Å². The second-order valence-electron chi connectivity index (χ2n) is 4.66. The van der Waals surface area contributed by atoms with Crippen molar-refractivity contribution in [3.05, 3.63) is 42.7 Å². The van der Waals surface area contributed by atoms with Crippen LogP contribution in [0.5, 0.6) is 0 Å². The van der Waals surface area contributed by atoms with Crippen molar-refractivity contribution in [3.63, 3.8) is 0 Å². The minimum Gasteiger partial charge on any atom is -0.357 e. The van der Waals surface area contributed by atoms with E-state index in [9.17, 15) is 14.0 Å². The number of amides is 2. The van der Waals surface area contributed by atoms with Crippen LogP contribution in [-0.4, -0.2) is 40.9 Å². The van der Waals surface area contributed by atoms with E-state index in [2.05, 4.69) is 32.7 Å². The van der Waals surface area contributed by atoms with Crippen LogP contribution >= 0.6 is 23.1 Å². The summed E-state index contributed by atoms with van der Waals surface area (Å²) in [5.74, 6) is -0.949. The van der Waals surface area contributed by atoms with E-state index in [-0.39, 0.29) is 24.0 Å². The first-order chi connectivity index (χ1) is 12.1. The second kappa shape index (κ2) is 9.74. The smallest absolute Gasteiger partial charge is 0.243 e. The predicted molar refractivity (Wildman–Crippen MR) is 97.4 cm³/mol. The zero-order chi connectivity index (χ0) is 18.1. The van der Waals surface area contributed by atoms with Gasteiger partial charge in [-0.05, 0) is 24.3 Å². The van der Waals surface area contributed by atoms with E-state index >= 15 is 0 Å². The molecule has 0 fully saturated rings. The van der Waals surface area contributed by atoms with Gasteiger partial charge in [0.15, 0.2) is 4.34 Å². The van der Waals surface area contributed by atoms with Crippen LogP contribution in [0.2, 0.25) is 0 Å². The molecule has 3 N–H and O–H groups in total. The fourth-order valence-electron chi connectivity index (χ4n) is 1.59. The number of anilines is 2. The number of rotatable bonds is 9. The lowest BCUT2D eigenvalue weighted by Crippen LogP contribution is -2.33. The van der Waals surface area contributed by atoms with Gasteiger partial charge in [0, 0.05) is 12.2 Å². The zero-order valence-corrected chi connectivity index (χ0v) is 14.8. The minimum absolute atomic E-state index is 0.125. The Morgan fingerprint density at radius 2 is 2.00 bits per heavy atom. The molecule has 0 saturated heterocycles. The summed E-state index contributed by atoms with van der Waals surface area (Å²) in [5.41, 5.74) is 0.462. The van der Waals surface area contributed by atoms with Crippen LogP contribution in [0, 0.1) is 5.82 Å². The van der Waals surface area contributed by atoms with E-state index in [0.29, 0.717) is 21.7 Å². The number of thioether (sulfide) groups is 1. The van der Waals surface area contributed by atoms with Crippen LogP contribution in [0.15, 0.2) is 41.3 Å². The molecule has 0 aliphatic rings. The lowest BCUT2D eigenvalue weighted by atomic mass is 10.3. The highest BCUT2D eigenvalue weighted by Crippen LogP contribution is 2.24. The van der Waals surface area contributed by atoms with Gasteiger partial charge in [0.1, 0.15) is 5.82 Å². The van der Waals surface area contributed by atoms with Crippen LogP contribution in [-0.2, 0) is 9.59 Å². The third-order valence-corrected chi connectivity index (χ3v) is 4.72. The van der Waals surface area contributed by atoms with E-state index in [0.717, 1.165) is 0 Å². The van der Waals surface area contributed by atoms with Crippen LogP contribution in [0.25, 0.3) is 0 Å². The number of hydrogen-bond acceptors (Lipinski definition) is 7. The molecule has 0 bridgehead atoms. The summed E-state index contributed by atoms with van der Waals surface area (Å²) in [4.78, 5) is 23.5. The number of halogens is 1. The molecule has 0 aliphatic heterocycles. The van der Waals surface area contributed by atoms with Crippen molar-refractivity contribution in [2.45, 2.75) is 4.34 Å². The molecular formula is C15H16FN5O2S2. The molecule has 1 aromatic carbocycles. The molecule has 2 rings (SSSR count). The van der Waals surface area contributed by atoms with Gasteiger partial charge in [-0.15, -0.1) is 16.8 Å². The fourth-order valence-corrected chi connectivity index (χ4v) is 3.18. The molecule has 0 spiro atoms. The fraction of sp³-hybridized carbons (Fsp3) is 0.200. The summed E-state index contributed by atoms with van der Waals surface area (Å²) in [6, 6.07) is 5.37. The first kappa shape index (κ1) is 18.9. The van der Waals surface area contributed by atoms with Crippen molar-refractivity contribution in [1.29, 1.82) is 0 Å². The molecule has 1 heterocycles. The third-order valence-electron chi connectivity index (χ3n) is 2.70. The standard InChI is InChI=1S/C15H16FN5O2S2/c1-2-7-17-14-20-21-15(25-14)24-9-13(23)18-8-12(22)19-11-5-3-10(16)4-6-11/h2-6H,1,7-9H2,(H,17,20)(H,18,23)(H,19,22). The Balaban J connectivity index is 1.67. The average molecular weight is 381 g/mol. The first-order valence-corrected chi connectivity index (χ1v) is 9.00. The average Bonchev–Trinajstić information content (AvgIpc) is 3.06. The van der Waals surface area contributed by atoms with Gasteiger partial charge >= 0.3 is 0 Å². The molecule has 7 nitrogen and oxygen atoms in total. The summed E-state index contributed by atoms with van der Waals surface area (Å²) in [7, 11) is 0. The minimum atomic E-state index is -0.392. The molecular weight excluding hydrogens is 365 g/mol. The molecule has 0 radical (unpaired) electrons. The van der Waals surface area contributed by atoms with Gasteiger partial charge < -0.3 is 16.0 Å². The molecule has 2 aromatic rings. The summed E-state index contributed by atoms with van der Waals surface area (Å²) < 4.78 is 13.4. The highest BCUT2D eigenvalue weighted by Gasteiger charge is 2.09. The number of carbonyl (C=O) groups excluding carboxylic acids is 2. The largest absolute Gasteiger partial charge is 0.357 e. The number of carbonyl (C=O) groups is 2. The van der Waals surface area contributed by atoms with Crippen molar-refractivity contribution in [2.24, 2.45) is 0 Å². The second-order valence-corrected chi connectivity index (χ2v) is 6.86. The Kier molecular flexibility index (Phi) is 7.36. The topological polar surface area (TPSA) is 96.0 Å². The number of nitrogens with one attached hydrogen (secondary N) is 3. The van der Waals surface area contributed by atoms with E-state index < -0.39 is 5.91 Å². The van der Waals surface area contributed by atoms with Crippen LogP contribution < -0.4 is 16.0 Å². The van der Waals surface area contributed by atoms with Crippen LogP contribution in [0.1, 0.15) is 0 Å². The highest BCUT2D eigenvalue weighted by atomic mass is 32.2. The van der Waals surface area contributed by atoms with Gasteiger partial charge in [-0.3, -0.25) is 9.59 Å². The monoisotopic (exact) mass is 381 g/mol. The summed E-state index contributed by atoms with van der Waals surface area (Å²) in [5, 5.41) is 16.6. The molecule has 1 aromatic heterocycles. The Bertz CT molecular complexity index is 736. The predicted octanol–water partition coefficient (Wildman–Crippen LogP) is 2.12. The molecule has 132 valence electrons. The van der Waals surface area contributed by atoms with E-state index in [1.54, 1.807) is 6.08 Å².